The van der Waals surface area contributed by atoms with E-state index < -0.39 is 28.5 Å². The zero-order chi connectivity index (χ0) is 31.6. The van der Waals surface area contributed by atoms with Crippen LogP contribution in [0.2, 0.25) is 0 Å². The van der Waals surface area contributed by atoms with Gasteiger partial charge < -0.3 is 29.2 Å². The van der Waals surface area contributed by atoms with Crippen molar-refractivity contribution in [3.8, 4) is 23.0 Å². The summed E-state index contributed by atoms with van der Waals surface area (Å²) in [5, 5.41) is 2.79. The fraction of sp³-hybridized carbons (Fsp3) is 0.355. The number of amides is 2. The number of nitrogens with one attached hydrogen (secondary N) is 1. The zero-order valence-corrected chi connectivity index (χ0v) is 26.1. The maximum atomic E-state index is 14.3. The molecule has 0 saturated heterocycles. The molecule has 43 heavy (non-hydrogen) atoms. The highest BCUT2D eigenvalue weighted by molar-refractivity contribution is 7.92. The molecule has 3 aromatic carbocycles. The Morgan fingerprint density at radius 1 is 0.814 bits per heavy atom. The van der Waals surface area contributed by atoms with E-state index in [0.29, 0.717) is 24.5 Å². The number of likely N-dealkylation sites (N-methyl/N-ethyl adjacent to an activating group) is 1. The van der Waals surface area contributed by atoms with Crippen molar-refractivity contribution in [1.29, 1.82) is 0 Å². The molecule has 0 bridgehead atoms. The van der Waals surface area contributed by atoms with E-state index in [-0.39, 0.29) is 34.5 Å². The summed E-state index contributed by atoms with van der Waals surface area (Å²) in [6, 6.07) is 17.2. The summed E-state index contributed by atoms with van der Waals surface area (Å²) in [4.78, 5) is 28.6. The maximum Gasteiger partial charge on any atom is 0.265 e. The zero-order valence-electron chi connectivity index (χ0n) is 25.3. The molecule has 0 fully saturated rings. The summed E-state index contributed by atoms with van der Waals surface area (Å²) in [5.41, 5.74) is 0.863. The molecule has 232 valence electrons. The van der Waals surface area contributed by atoms with Crippen molar-refractivity contribution in [1.82, 2.24) is 10.2 Å². The number of carbonyl (C=O) groups excluding carboxylic acids is 2. The van der Waals surface area contributed by atoms with Crippen LogP contribution in [0.1, 0.15) is 25.8 Å². The fourth-order valence-electron chi connectivity index (χ4n) is 4.60. The van der Waals surface area contributed by atoms with Crippen LogP contribution >= 0.6 is 0 Å². The van der Waals surface area contributed by atoms with E-state index in [1.54, 1.807) is 26.0 Å². The first kappa shape index (κ1) is 33.1. The Kier molecular flexibility index (Phi) is 11.6. The van der Waals surface area contributed by atoms with Crippen molar-refractivity contribution < 1.29 is 37.0 Å². The van der Waals surface area contributed by atoms with Crippen molar-refractivity contribution in [2.24, 2.45) is 0 Å². The minimum absolute atomic E-state index is 0.0794. The number of methoxy groups -OCH3 is 4. The lowest BCUT2D eigenvalue weighted by atomic mass is 10.1. The predicted molar refractivity (Wildman–Crippen MR) is 163 cm³/mol. The summed E-state index contributed by atoms with van der Waals surface area (Å²) in [5.74, 6) is 0.164. The van der Waals surface area contributed by atoms with Gasteiger partial charge in [-0.2, -0.15) is 0 Å². The number of sulfonamides is 1. The van der Waals surface area contributed by atoms with Gasteiger partial charge in [-0.1, -0.05) is 37.3 Å². The van der Waals surface area contributed by atoms with Gasteiger partial charge in [-0.3, -0.25) is 13.9 Å². The van der Waals surface area contributed by atoms with Crippen LogP contribution in [-0.4, -0.2) is 72.7 Å². The molecule has 0 saturated carbocycles. The molecule has 0 aliphatic carbocycles. The molecule has 0 aromatic heterocycles. The third-order valence-electron chi connectivity index (χ3n) is 6.81. The topological polar surface area (TPSA) is 124 Å². The highest BCUT2D eigenvalue weighted by atomic mass is 32.2. The summed E-state index contributed by atoms with van der Waals surface area (Å²) >= 11 is 0. The first-order valence-electron chi connectivity index (χ1n) is 13.7. The number of anilines is 1. The molecule has 1 atom stereocenters. The van der Waals surface area contributed by atoms with Gasteiger partial charge in [0.25, 0.3) is 10.0 Å². The molecule has 12 heteroatoms. The van der Waals surface area contributed by atoms with Crippen molar-refractivity contribution in [3.63, 3.8) is 0 Å². The molecule has 0 aliphatic heterocycles. The minimum Gasteiger partial charge on any atom is -0.497 e. The Morgan fingerprint density at radius 2 is 1.47 bits per heavy atom. The monoisotopic (exact) mass is 613 g/mol. The third kappa shape index (κ3) is 7.69. The van der Waals surface area contributed by atoms with Crippen LogP contribution < -0.4 is 28.6 Å². The first-order chi connectivity index (χ1) is 20.6. The Morgan fingerprint density at radius 3 is 2.05 bits per heavy atom. The highest BCUT2D eigenvalue weighted by Gasteiger charge is 2.35. The number of benzene rings is 3. The number of ether oxygens (including phenoxy) is 4. The second-order valence-electron chi connectivity index (χ2n) is 9.39. The van der Waals surface area contributed by atoms with Crippen molar-refractivity contribution >= 4 is 27.5 Å². The fourth-order valence-corrected chi connectivity index (χ4v) is 6.03. The number of carbonyl (C=O) groups is 2. The molecule has 2 amide bonds. The molecule has 3 aromatic rings. The lowest BCUT2D eigenvalue weighted by Gasteiger charge is -2.33. The van der Waals surface area contributed by atoms with Gasteiger partial charge in [0.05, 0.1) is 39.0 Å². The molecule has 11 nitrogen and oxygen atoms in total. The molecule has 0 radical (unpaired) electrons. The Bertz CT molecular complexity index is 1500. The van der Waals surface area contributed by atoms with E-state index in [2.05, 4.69) is 5.32 Å². The summed E-state index contributed by atoms with van der Waals surface area (Å²) in [6.07, 6.45) is 0.315. The Balaban J connectivity index is 2.19. The molecule has 3 rings (SSSR count). The van der Waals surface area contributed by atoms with E-state index >= 15 is 0 Å². The normalized spacial score (nSPS) is 11.7. The summed E-state index contributed by atoms with van der Waals surface area (Å²) < 4.78 is 51.2. The average Bonchev–Trinajstić information content (AvgIpc) is 3.03. The van der Waals surface area contributed by atoms with Gasteiger partial charge in [0.2, 0.25) is 11.8 Å². The minimum atomic E-state index is -4.42. The van der Waals surface area contributed by atoms with Crippen LogP contribution in [-0.2, 0) is 26.2 Å². The van der Waals surface area contributed by atoms with Gasteiger partial charge in [-0.15, -0.1) is 0 Å². The lowest BCUT2D eigenvalue weighted by molar-refractivity contribution is -0.140. The van der Waals surface area contributed by atoms with Gasteiger partial charge in [0.1, 0.15) is 24.1 Å². The van der Waals surface area contributed by atoms with Crippen LogP contribution in [0.15, 0.2) is 71.6 Å². The van der Waals surface area contributed by atoms with Gasteiger partial charge in [0.15, 0.2) is 11.5 Å². The largest absolute Gasteiger partial charge is 0.497 e. The van der Waals surface area contributed by atoms with E-state index in [1.165, 1.54) is 57.6 Å². The van der Waals surface area contributed by atoms with E-state index in [4.69, 9.17) is 18.9 Å². The predicted octanol–water partition coefficient (Wildman–Crippen LogP) is 3.86. The van der Waals surface area contributed by atoms with Crippen LogP contribution in [0.25, 0.3) is 0 Å². The van der Waals surface area contributed by atoms with E-state index in [9.17, 15) is 18.0 Å². The van der Waals surface area contributed by atoms with Crippen LogP contribution in [0.4, 0.5) is 5.69 Å². The molecular weight excluding hydrogens is 574 g/mol. The van der Waals surface area contributed by atoms with Gasteiger partial charge >= 0.3 is 0 Å². The third-order valence-corrected chi connectivity index (χ3v) is 8.56. The Hall–Kier alpha value is -4.45. The standard InChI is InChI=1S/C31H39N3O8S/c1-7-25(31(36)32-8-2)33(20-22-12-10-9-11-13-22)30(35)21-34(26-18-23(39-3)14-16-27(26)40-4)43(37,38)24-15-17-28(41-5)29(19-24)42-6/h9-19,25H,7-8,20-21H2,1-6H3,(H,32,36). The molecule has 0 heterocycles. The number of hydrogen-bond donors (Lipinski definition) is 1. The second-order valence-corrected chi connectivity index (χ2v) is 11.3. The van der Waals surface area contributed by atoms with Crippen molar-refractivity contribution in [2.45, 2.75) is 37.8 Å². The molecule has 1 N–H and O–H groups in total. The first-order valence-corrected chi connectivity index (χ1v) is 15.2. The van der Waals surface area contributed by atoms with Gasteiger partial charge in [-0.25, -0.2) is 8.42 Å². The van der Waals surface area contributed by atoms with Crippen LogP contribution in [0.3, 0.4) is 0 Å². The van der Waals surface area contributed by atoms with Crippen LogP contribution in [0, 0.1) is 0 Å². The molecule has 1 unspecified atom stereocenters. The average molecular weight is 614 g/mol. The van der Waals surface area contributed by atoms with E-state index in [0.717, 1.165) is 9.87 Å². The molecule has 0 aliphatic rings. The highest BCUT2D eigenvalue weighted by Crippen LogP contribution is 2.37. The second kappa shape index (κ2) is 15.1. The quantitative estimate of drug-likeness (QED) is 0.274. The van der Waals surface area contributed by atoms with E-state index in [1.807, 2.05) is 30.3 Å². The molecule has 0 spiro atoms. The number of nitrogens with zero attached hydrogens (tertiary/aromatic N) is 2. The van der Waals surface area contributed by atoms with Gasteiger partial charge in [-0.05, 0) is 43.2 Å². The maximum absolute atomic E-state index is 14.3. The summed E-state index contributed by atoms with van der Waals surface area (Å²) in [6.45, 7) is 3.43. The van der Waals surface area contributed by atoms with Crippen LogP contribution in [0.5, 0.6) is 23.0 Å². The van der Waals surface area contributed by atoms with Gasteiger partial charge in [0, 0.05) is 25.2 Å². The number of rotatable bonds is 15. The van der Waals surface area contributed by atoms with Crippen molar-refractivity contribution in [3.05, 3.63) is 72.3 Å². The SMILES string of the molecule is CCNC(=O)C(CC)N(Cc1ccccc1)C(=O)CN(c1cc(OC)ccc1OC)S(=O)(=O)c1ccc(OC)c(OC)c1. The molecular formula is C31H39N3O8S. The Labute approximate surface area is 253 Å². The number of hydrogen-bond acceptors (Lipinski definition) is 8. The lowest BCUT2D eigenvalue weighted by Crippen LogP contribution is -2.52. The van der Waals surface area contributed by atoms with Crippen molar-refractivity contribution in [2.75, 3.05) is 45.8 Å². The smallest absolute Gasteiger partial charge is 0.265 e. The summed E-state index contributed by atoms with van der Waals surface area (Å²) in [7, 11) is 1.27.